The van der Waals surface area contributed by atoms with Crippen LogP contribution < -0.4 is 10.5 Å². The van der Waals surface area contributed by atoms with Crippen molar-refractivity contribution in [3.63, 3.8) is 0 Å². The zero-order chi connectivity index (χ0) is 14.5. The lowest BCUT2D eigenvalue weighted by Gasteiger charge is -2.24. The van der Waals surface area contributed by atoms with Crippen molar-refractivity contribution in [2.75, 3.05) is 13.7 Å². The largest absolute Gasteiger partial charge is 0.496 e. The maximum atomic E-state index is 10.7. The van der Waals surface area contributed by atoms with Gasteiger partial charge in [0, 0.05) is 22.5 Å². The molecular formula is C16H18BrNO2. The van der Waals surface area contributed by atoms with Crippen LogP contribution in [0.1, 0.15) is 23.1 Å². The van der Waals surface area contributed by atoms with Crippen LogP contribution in [-0.4, -0.2) is 18.8 Å². The van der Waals surface area contributed by atoms with E-state index in [9.17, 15) is 5.11 Å². The molecule has 2 unspecified atom stereocenters. The van der Waals surface area contributed by atoms with E-state index in [1.165, 1.54) is 0 Å². The molecule has 0 aromatic heterocycles. The molecule has 0 amide bonds. The van der Waals surface area contributed by atoms with Gasteiger partial charge in [0.25, 0.3) is 0 Å². The first-order chi connectivity index (χ1) is 9.69. The van der Waals surface area contributed by atoms with Gasteiger partial charge in [-0.2, -0.15) is 0 Å². The van der Waals surface area contributed by atoms with Crippen LogP contribution in [0.3, 0.4) is 0 Å². The zero-order valence-corrected chi connectivity index (χ0v) is 12.9. The average molecular weight is 336 g/mol. The third kappa shape index (κ3) is 3.03. The van der Waals surface area contributed by atoms with Crippen molar-refractivity contribution in [1.82, 2.24) is 0 Å². The molecule has 0 saturated heterocycles. The summed E-state index contributed by atoms with van der Waals surface area (Å²) in [5.41, 5.74) is 7.63. The average Bonchev–Trinajstić information content (AvgIpc) is 2.49. The Balaban J connectivity index is 2.39. The Morgan fingerprint density at radius 2 is 1.70 bits per heavy atom. The minimum atomic E-state index is -0.713. The highest BCUT2D eigenvalue weighted by molar-refractivity contribution is 9.10. The van der Waals surface area contributed by atoms with Crippen molar-refractivity contribution < 1.29 is 9.84 Å². The molecule has 0 bridgehead atoms. The number of hydrogen-bond acceptors (Lipinski definition) is 3. The molecule has 106 valence electrons. The number of para-hydroxylation sites is 1. The van der Waals surface area contributed by atoms with Crippen LogP contribution in [0.25, 0.3) is 0 Å². The topological polar surface area (TPSA) is 55.5 Å². The van der Waals surface area contributed by atoms with E-state index in [-0.39, 0.29) is 5.92 Å². The third-order valence-corrected chi connectivity index (χ3v) is 4.12. The predicted molar refractivity (Wildman–Crippen MR) is 83.9 cm³/mol. The smallest absolute Gasteiger partial charge is 0.124 e. The van der Waals surface area contributed by atoms with Gasteiger partial charge in [0.05, 0.1) is 13.2 Å². The van der Waals surface area contributed by atoms with Gasteiger partial charge in [0.2, 0.25) is 0 Å². The summed E-state index contributed by atoms with van der Waals surface area (Å²) in [5.74, 6) is 0.479. The van der Waals surface area contributed by atoms with Crippen molar-refractivity contribution in [1.29, 1.82) is 0 Å². The summed E-state index contributed by atoms with van der Waals surface area (Å²) >= 11 is 3.52. The molecule has 2 atom stereocenters. The quantitative estimate of drug-likeness (QED) is 0.881. The van der Waals surface area contributed by atoms with Crippen LogP contribution in [0.5, 0.6) is 5.75 Å². The van der Waals surface area contributed by atoms with Gasteiger partial charge in [-0.15, -0.1) is 0 Å². The number of benzene rings is 2. The Morgan fingerprint density at radius 3 is 2.30 bits per heavy atom. The maximum Gasteiger partial charge on any atom is 0.124 e. The number of hydrogen-bond donors (Lipinski definition) is 2. The standard InChI is InChI=1S/C16H18BrNO2/c1-20-15-9-5-3-7-12(15)16(19)13(10-18)11-6-2-4-8-14(11)17/h2-9,13,16,19H,10,18H2,1H3. The van der Waals surface area contributed by atoms with E-state index >= 15 is 0 Å². The van der Waals surface area contributed by atoms with Gasteiger partial charge in [0.1, 0.15) is 5.75 Å². The van der Waals surface area contributed by atoms with Crippen LogP contribution in [0.4, 0.5) is 0 Å². The summed E-state index contributed by atoms with van der Waals surface area (Å²) in [5, 5.41) is 10.7. The maximum absolute atomic E-state index is 10.7. The van der Waals surface area contributed by atoms with Gasteiger partial charge < -0.3 is 15.6 Å². The van der Waals surface area contributed by atoms with Crippen LogP contribution >= 0.6 is 15.9 Å². The number of nitrogens with two attached hydrogens (primary N) is 1. The molecule has 0 heterocycles. The van der Waals surface area contributed by atoms with E-state index in [0.717, 1.165) is 15.6 Å². The Labute approximate surface area is 127 Å². The third-order valence-electron chi connectivity index (χ3n) is 3.40. The molecular weight excluding hydrogens is 318 g/mol. The summed E-state index contributed by atoms with van der Waals surface area (Å²) in [6, 6.07) is 15.3. The second kappa shape index (κ2) is 6.88. The zero-order valence-electron chi connectivity index (χ0n) is 11.3. The molecule has 0 spiro atoms. The van der Waals surface area contributed by atoms with E-state index in [2.05, 4.69) is 15.9 Å². The van der Waals surface area contributed by atoms with E-state index in [0.29, 0.717) is 12.3 Å². The molecule has 2 aromatic rings. The lowest BCUT2D eigenvalue weighted by molar-refractivity contribution is 0.143. The Bertz CT molecular complexity index is 574. The molecule has 4 heteroatoms. The molecule has 0 saturated carbocycles. The van der Waals surface area contributed by atoms with Crippen molar-refractivity contribution in [3.8, 4) is 5.75 Å². The van der Waals surface area contributed by atoms with Crippen LogP contribution in [0.15, 0.2) is 53.0 Å². The lowest BCUT2D eigenvalue weighted by Crippen LogP contribution is -2.21. The summed E-state index contributed by atoms with van der Waals surface area (Å²) in [4.78, 5) is 0. The molecule has 0 aliphatic carbocycles. The monoisotopic (exact) mass is 335 g/mol. The summed E-state index contributed by atoms with van der Waals surface area (Å²) < 4.78 is 6.26. The number of rotatable bonds is 5. The van der Waals surface area contributed by atoms with Crippen molar-refractivity contribution in [2.24, 2.45) is 5.73 Å². The fraction of sp³-hybridized carbons (Fsp3) is 0.250. The minimum absolute atomic E-state index is 0.193. The Morgan fingerprint density at radius 1 is 1.10 bits per heavy atom. The number of aliphatic hydroxyl groups is 1. The Hall–Kier alpha value is -1.36. The van der Waals surface area contributed by atoms with E-state index in [1.807, 2.05) is 48.5 Å². The molecule has 2 rings (SSSR count). The minimum Gasteiger partial charge on any atom is -0.496 e. The summed E-state index contributed by atoms with van der Waals surface area (Å²) in [6.07, 6.45) is -0.713. The van der Waals surface area contributed by atoms with Crippen molar-refractivity contribution in [3.05, 3.63) is 64.1 Å². The van der Waals surface area contributed by atoms with Gasteiger partial charge in [-0.1, -0.05) is 52.3 Å². The van der Waals surface area contributed by atoms with Gasteiger partial charge in [-0.3, -0.25) is 0 Å². The Kier molecular flexibility index (Phi) is 5.17. The van der Waals surface area contributed by atoms with Crippen LogP contribution in [-0.2, 0) is 0 Å². The molecule has 0 radical (unpaired) electrons. The fourth-order valence-corrected chi connectivity index (χ4v) is 2.91. The number of aliphatic hydroxyl groups excluding tert-OH is 1. The molecule has 3 N–H and O–H groups in total. The van der Waals surface area contributed by atoms with Crippen molar-refractivity contribution in [2.45, 2.75) is 12.0 Å². The fourth-order valence-electron chi connectivity index (χ4n) is 2.33. The summed E-state index contributed by atoms with van der Waals surface area (Å²) in [7, 11) is 1.60. The second-order valence-corrected chi connectivity index (χ2v) is 5.40. The molecule has 20 heavy (non-hydrogen) atoms. The van der Waals surface area contributed by atoms with E-state index in [1.54, 1.807) is 7.11 Å². The highest BCUT2D eigenvalue weighted by Gasteiger charge is 2.25. The molecule has 2 aromatic carbocycles. The lowest BCUT2D eigenvalue weighted by atomic mass is 9.89. The first kappa shape index (κ1) is 15.0. The number of methoxy groups -OCH3 is 1. The van der Waals surface area contributed by atoms with Gasteiger partial charge in [-0.05, 0) is 17.7 Å². The normalized spacial score (nSPS) is 13.8. The molecule has 0 aliphatic rings. The van der Waals surface area contributed by atoms with Crippen LogP contribution in [0.2, 0.25) is 0 Å². The first-order valence-electron chi connectivity index (χ1n) is 6.44. The number of halogens is 1. The van der Waals surface area contributed by atoms with E-state index < -0.39 is 6.10 Å². The summed E-state index contributed by atoms with van der Waals surface area (Å²) in [6.45, 7) is 0.349. The highest BCUT2D eigenvalue weighted by Crippen LogP contribution is 2.37. The van der Waals surface area contributed by atoms with Crippen LogP contribution in [0, 0.1) is 0 Å². The first-order valence-corrected chi connectivity index (χ1v) is 7.23. The molecule has 3 nitrogen and oxygen atoms in total. The predicted octanol–water partition coefficient (Wildman–Crippen LogP) is 3.23. The second-order valence-electron chi connectivity index (χ2n) is 4.55. The SMILES string of the molecule is COc1ccccc1C(O)C(CN)c1ccccc1Br. The van der Waals surface area contributed by atoms with Gasteiger partial charge in [0.15, 0.2) is 0 Å². The molecule has 0 fully saturated rings. The molecule has 0 aliphatic heterocycles. The van der Waals surface area contributed by atoms with Crippen molar-refractivity contribution >= 4 is 15.9 Å². The van der Waals surface area contributed by atoms with Gasteiger partial charge >= 0.3 is 0 Å². The number of ether oxygens (including phenoxy) is 1. The van der Waals surface area contributed by atoms with E-state index in [4.69, 9.17) is 10.5 Å². The highest BCUT2D eigenvalue weighted by atomic mass is 79.9. The van der Waals surface area contributed by atoms with Gasteiger partial charge in [-0.25, -0.2) is 0 Å².